The first-order valence-corrected chi connectivity index (χ1v) is 12.8. The summed E-state index contributed by atoms with van der Waals surface area (Å²) in [7, 11) is 0. The number of carbonyl (C=O) groups excluding carboxylic acids is 1. The summed E-state index contributed by atoms with van der Waals surface area (Å²) in [6.45, 7) is 4.01. The molecule has 0 aliphatic heterocycles. The van der Waals surface area contributed by atoms with Crippen molar-refractivity contribution in [3.05, 3.63) is 113 Å². The summed E-state index contributed by atoms with van der Waals surface area (Å²) in [5.41, 5.74) is 3.66. The molecule has 1 heterocycles. The molecule has 9 heteroatoms. The number of benzene rings is 4. The molecule has 0 saturated heterocycles. The maximum atomic E-state index is 14.0. The summed E-state index contributed by atoms with van der Waals surface area (Å²) >= 11 is 1.12. The molecule has 0 radical (unpaired) electrons. The molecule has 5 aromatic rings. The van der Waals surface area contributed by atoms with Gasteiger partial charge < -0.3 is 5.32 Å². The van der Waals surface area contributed by atoms with Gasteiger partial charge in [0.15, 0.2) is 22.6 Å². The first-order chi connectivity index (χ1) is 18.3. The minimum absolute atomic E-state index is 0.143. The summed E-state index contributed by atoms with van der Waals surface area (Å²) in [6.07, 6.45) is 0.508. The van der Waals surface area contributed by atoms with Crippen LogP contribution in [0, 0.1) is 31.3 Å². The predicted molar refractivity (Wildman–Crippen MR) is 143 cm³/mol. The maximum absolute atomic E-state index is 14.0. The van der Waals surface area contributed by atoms with Gasteiger partial charge in [0.2, 0.25) is 5.91 Å². The van der Waals surface area contributed by atoms with Crippen LogP contribution < -0.4 is 5.32 Å². The molecule has 0 aliphatic carbocycles. The van der Waals surface area contributed by atoms with E-state index in [0.717, 1.165) is 57.0 Å². The van der Waals surface area contributed by atoms with Crippen molar-refractivity contribution in [3.63, 3.8) is 0 Å². The monoisotopic (exact) mass is 532 g/mol. The van der Waals surface area contributed by atoms with Crippen LogP contribution in [0.4, 0.5) is 18.9 Å². The average molecular weight is 533 g/mol. The van der Waals surface area contributed by atoms with Crippen LogP contribution >= 0.6 is 11.8 Å². The van der Waals surface area contributed by atoms with Crippen LogP contribution in [0.25, 0.3) is 16.5 Å². The van der Waals surface area contributed by atoms with Gasteiger partial charge in [-0.05, 0) is 53.9 Å². The van der Waals surface area contributed by atoms with E-state index < -0.39 is 29.0 Å². The van der Waals surface area contributed by atoms with Crippen molar-refractivity contribution in [2.45, 2.75) is 25.4 Å². The zero-order valence-corrected chi connectivity index (χ0v) is 21.5. The van der Waals surface area contributed by atoms with Gasteiger partial charge in [-0.1, -0.05) is 71.9 Å². The SMILES string of the molecule is Cc1ccc(-n2c(Cc3cccc4ccccc34)nnc2SCC(=O)Nc2ccc(F)c(F)c2F)c(C)c1. The Balaban J connectivity index is 1.45. The molecule has 0 spiro atoms. The third kappa shape index (κ3) is 5.15. The molecular formula is C29H23F3N4OS. The number of aryl methyl sites for hydroxylation is 2. The molecule has 0 saturated carbocycles. The molecule has 4 aromatic carbocycles. The van der Waals surface area contributed by atoms with Gasteiger partial charge in [0.1, 0.15) is 5.82 Å². The van der Waals surface area contributed by atoms with E-state index in [0.29, 0.717) is 17.4 Å². The molecule has 0 bridgehead atoms. The second-order valence-corrected chi connectivity index (χ2v) is 9.84. The highest BCUT2D eigenvalue weighted by atomic mass is 32.2. The normalized spacial score (nSPS) is 11.2. The molecule has 5 rings (SSSR count). The lowest BCUT2D eigenvalue weighted by Crippen LogP contribution is -2.16. The molecule has 1 amide bonds. The second-order valence-electron chi connectivity index (χ2n) is 8.90. The zero-order chi connectivity index (χ0) is 26.8. The van der Waals surface area contributed by atoms with Gasteiger partial charge in [0.25, 0.3) is 0 Å². The fourth-order valence-corrected chi connectivity index (χ4v) is 5.13. The number of carbonyl (C=O) groups is 1. The van der Waals surface area contributed by atoms with E-state index >= 15 is 0 Å². The summed E-state index contributed by atoms with van der Waals surface area (Å²) < 4.78 is 42.7. The third-order valence-electron chi connectivity index (χ3n) is 6.16. The van der Waals surface area contributed by atoms with Gasteiger partial charge in [-0.3, -0.25) is 9.36 Å². The predicted octanol–water partition coefficient (Wildman–Crippen LogP) is 6.78. The van der Waals surface area contributed by atoms with Crippen molar-refractivity contribution in [1.82, 2.24) is 14.8 Å². The van der Waals surface area contributed by atoms with E-state index in [1.54, 1.807) is 0 Å². The molecule has 5 nitrogen and oxygen atoms in total. The van der Waals surface area contributed by atoms with Crippen molar-refractivity contribution in [2.75, 3.05) is 11.1 Å². The number of aromatic nitrogens is 3. The molecular weight excluding hydrogens is 509 g/mol. The van der Waals surface area contributed by atoms with Crippen LogP contribution in [0.5, 0.6) is 0 Å². The van der Waals surface area contributed by atoms with Crippen LogP contribution in [0.3, 0.4) is 0 Å². The van der Waals surface area contributed by atoms with Gasteiger partial charge >= 0.3 is 0 Å². The molecule has 0 fully saturated rings. The minimum Gasteiger partial charge on any atom is -0.323 e. The summed E-state index contributed by atoms with van der Waals surface area (Å²) in [6, 6.07) is 22.0. The second kappa shape index (κ2) is 10.7. The quantitative estimate of drug-likeness (QED) is 0.186. The van der Waals surface area contributed by atoms with E-state index in [9.17, 15) is 18.0 Å². The minimum atomic E-state index is -1.64. The number of halogens is 3. The highest BCUT2D eigenvalue weighted by molar-refractivity contribution is 7.99. The summed E-state index contributed by atoms with van der Waals surface area (Å²) in [4.78, 5) is 12.6. The largest absolute Gasteiger partial charge is 0.323 e. The Bertz CT molecular complexity index is 1660. The smallest absolute Gasteiger partial charge is 0.234 e. The molecule has 0 unspecified atom stereocenters. The molecule has 0 atom stereocenters. The van der Waals surface area contributed by atoms with Crippen molar-refractivity contribution in [3.8, 4) is 5.69 Å². The van der Waals surface area contributed by atoms with E-state index in [1.807, 2.05) is 48.7 Å². The zero-order valence-electron chi connectivity index (χ0n) is 20.6. The van der Waals surface area contributed by atoms with Crippen molar-refractivity contribution in [1.29, 1.82) is 0 Å². The number of nitrogens with one attached hydrogen (secondary N) is 1. The number of hydrogen-bond donors (Lipinski definition) is 1. The van der Waals surface area contributed by atoms with Gasteiger partial charge in [-0.2, -0.15) is 0 Å². The number of amides is 1. The van der Waals surface area contributed by atoms with Crippen LogP contribution in [-0.4, -0.2) is 26.4 Å². The lowest BCUT2D eigenvalue weighted by atomic mass is 10.0. The van der Waals surface area contributed by atoms with Crippen LogP contribution in [0.15, 0.2) is 78.0 Å². The number of anilines is 1. The highest BCUT2D eigenvalue weighted by Crippen LogP contribution is 2.28. The van der Waals surface area contributed by atoms with Crippen LogP contribution in [0.1, 0.15) is 22.5 Å². The van der Waals surface area contributed by atoms with Gasteiger partial charge in [0.05, 0.1) is 17.1 Å². The fourth-order valence-electron chi connectivity index (χ4n) is 4.36. The van der Waals surface area contributed by atoms with Crippen LogP contribution in [0.2, 0.25) is 0 Å². The first-order valence-electron chi connectivity index (χ1n) is 11.9. The summed E-state index contributed by atoms with van der Waals surface area (Å²) in [5.74, 6) is -4.44. The van der Waals surface area contributed by atoms with Crippen molar-refractivity contribution < 1.29 is 18.0 Å². The Hall–Kier alpha value is -4.11. The fraction of sp³-hybridized carbons (Fsp3) is 0.138. The topological polar surface area (TPSA) is 59.8 Å². The molecule has 38 heavy (non-hydrogen) atoms. The number of hydrogen-bond acceptors (Lipinski definition) is 4. The average Bonchev–Trinajstić information content (AvgIpc) is 3.30. The van der Waals surface area contributed by atoms with Crippen molar-refractivity contribution in [2.24, 2.45) is 0 Å². The van der Waals surface area contributed by atoms with Gasteiger partial charge in [-0.15, -0.1) is 10.2 Å². The Morgan fingerprint density at radius 2 is 1.71 bits per heavy atom. The maximum Gasteiger partial charge on any atom is 0.234 e. The van der Waals surface area contributed by atoms with E-state index in [1.165, 1.54) is 0 Å². The number of fused-ring (bicyclic) bond motifs is 1. The van der Waals surface area contributed by atoms with Crippen molar-refractivity contribution >= 4 is 34.1 Å². The molecule has 192 valence electrons. The van der Waals surface area contributed by atoms with E-state index in [-0.39, 0.29) is 5.75 Å². The standard InChI is InChI=1S/C29H23F3N4OS/c1-17-10-13-24(18(2)14-17)36-25(15-20-8-5-7-19-6-3-4-9-21(19)20)34-35-29(36)38-16-26(37)33-23-12-11-22(30)27(31)28(23)32/h3-14H,15-16H2,1-2H3,(H,33,37). The number of nitrogens with zero attached hydrogens (tertiary/aromatic N) is 3. The number of rotatable bonds is 7. The molecule has 1 N–H and O–H groups in total. The number of thioether (sulfide) groups is 1. The Morgan fingerprint density at radius 1 is 0.921 bits per heavy atom. The first kappa shape index (κ1) is 25.5. The molecule has 0 aliphatic rings. The van der Waals surface area contributed by atoms with E-state index in [4.69, 9.17) is 0 Å². The lowest BCUT2D eigenvalue weighted by Gasteiger charge is -2.14. The molecule has 1 aromatic heterocycles. The van der Waals surface area contributed by atoms with Gasteiger partial charge in [-0.25, -0.2) is 13.2 Å². The Kier molecular flexibility index (Phi) is 7.20. The van der Waals surface area contributed by atoms with Crippen LogP contribution in [-0.2, 0) is 11.2 Å². The Labute approximate surface area is 221 Å². The summed E-state index contributed by atoms with van der Waals surface area (Å²) in [5, 5.41) is 13.8. The lowest BCUT2D eigenvalue weighted by molar-refractivity contribution is -0.113. The third-order valence-corrected chi connectivity index (χ3v) is 7.09. The highest BCUT2D eigenvalue weighted by Gasteiger charge is 2.20. The van der Waals surface area contributed by atoms with Gasteiger partial charge in [0, 0.05) is 6.42 Å². The Morgan fingerprint density at radius 3 is 2.53 bits per heavy atom. The van der Waals surface area contributed by atoms with E-state index in [2.05, 4.69) is 45.8 Å².